The third-order valence-corrected chi connectivity index (χ3v) is 4.92. The van der Waals surface area contributed by atoms with E-state index in [0.717, 1.165) is 11.4 Å². The number of rotatable bonds is 5. The van der Waals surface area contributed by atoms with Gasteiger partial charge in [0.05, 0.1) is 12.5 Å². The molecule has 0 bridgehead atoms. The average molecular weight is 370 g/mol. The van der Waals surface area contributed by atoms with E-state index in [1.807, 2.05) is 55.1 Å². The first-order valence-electron chi connectivity index (χ1n) is 9.34. The number of ether oxygens (including phenoxy) is 1. The van der Waals surface area contributed by atoms with Crippen molar-refractivity contribution in [2.24, 2.45) is 13.0 Å². The molecule has 0 saturated carbocycles. The van der Waals surface area contributed by atoms with Gasteiger partial charge in [-0.2, -0.15) is 0 Å². The van der Waals surface area contributed by atoms with Crippen LogP contribution in [-0.4, -0.2) is 46.1 Å². The predicted molar refractivity (Wildman–Crippen MR) is 101 cm³/mol. The summed E-state index contributed by atoms with van der Waals surface area (Å²) in [5.41, 5.74) is 0.974. The van der Waals surface area contributed by atoms with Crippen LogP contribution in [0.3, 0.4) is 0 Å². The Morgan fingerprint density at radius 3 is 2.56 bits per heavy atom. The van der Waals surface area contributed by atoms with Gasteiger partial charge >= 0.3 is 12.0 Å². The summed E-state index contributed by atoms with van der Waals surface area (Å²) >= 11 is 0. The van der Waals surface area contributed by atoms with Gasteiger partial charge in [0, 0.05) is 32.5 Å². The molecule has 144 valence electrons. The van der Waals surface area contributed by atoms with E-state index in [1.54, 1.807) is 11.1 Å². The molecule has 0 spiro atoms. The monoisotopic (exact) mass is 370 g/mol. The molecule has 2 aromatic rings. The normalized spacial score (nSPS) is 16.0. The Balaban J connectivity index is 1.67. The zero-order valence-electron chi connectivity index (χ0n) is 15.8. The van der Waals surface area contributed by atoms with E-state index >= 15 is 0 Å². The predicted octanol–water partition coefficient (Wildman–Crippen LogP) is 2.49. The average Bonchev–Trinajstić information content (AvgIpc) is 3.12. The van der Waals surface area contributed by atoms with Crippen LogP contribution in [0.4, 0.5) is 4.79 Å². The van der Waals surface area contributed by atoms with Crippen molar-refractivity contribution in [2.45, 2.75) is 25.8 Å². The fourth-order valence-corrected chi connectivity index (χ4v) is 3.39. The summed E-state index contributed by atoms with van der Waals surface area (Å²) in [5.74, 6) is 0.497. The van der Waals surface area contributed by atoms with Crippen molar-refractivity contribution in [2.75, 3.05) is 19.7 Å². The molecule has 2 heterocycles. The minimum absolute atomic E-state index is 0.117. The molecule has 1 fully saturated rings. The van der Waals surface area contributed by atoms with Gasteiger partial charge in [-0.05, 0) is 25.3 Å². The summed E-state index contributed by atoms with van der Waals surface area (Å²) < 4.78 is 7.00. The molecule has 1 aliphatic heterocycles. The smallest absolute Gasteiger partial charge is 0.318 e. The van der Waals surface area contributed by atoms with Gasteiger partial charge in [-0.25, -0.2) is 9.78 Å². The number of aryl methyl sites for hydroxylation is 1. The van der Waals surface area contributed by atoms with E-state index < -0.39 is 0 Å². The van der Waals surface area contributed by atoms with Crippen molar-refractivity contribution in [3.63, 3.8) is 0 Å². The van der Waals surface area contributed by atoms with E-state index in [1.165, 1.54) is 0 Å². The topological polar surface area (TPSA) is 76.5 Å². The van der Waals surface area contributed by atoms with E-state index in [9.17, 15) is 9.59 Å². The van der Waals surface area contributed by atoms with Gasteiger partial charge in [0.25, 0.3) is 0 Å². The Morgan fingerprint density at radius 1 is 1.26 bits per heavy atom. The second kappa shape index (κ2) is 8.70. The number of aromatic nitrogens is 2. The highest BCUT2D eigenvalue weighted by molar-refractivity contribution is 5.76. The van der Waals surface area contributed by atoms with Crippen molar-refractivity contribution in [1.82, 2.24) is 19.8 Å². The maximum Gasteiger partial charge on any atom is 0.318 e. The molecule has 2 amide bonds. The summed E-state index contributed by atoms with van der Waals surface area (Å²) in [6.07, 6.45) is 4.85. The van der Waals surface area contributed by atoms with Gasteiger partial charge in [-0.15, -0.1) is 0 Å². The van der Waals surface area contributed by atoms with Crippen LogP contribution in [0.5, 0.6) is 0 Å². The van der Waals surface area contributed by atoms with Crippen LogP contribution < -0.4 is 5.32 Å². The highest BCUT2D eigenvalue weighted by atomic mass is 16.5. The van der Waals surface area contributed by atoms with Gasteiger partial charge in [0.15, 0.2) is 0 Å². The summed E-state index contributed by atoms with van der Waals surface area (Å²) in [5, 5.41) is 3.10. The maximum atomic E-state index is 12.9. The Bertz CT molecular complexity index is 767. The number of piperidine rings is 1. The molecule has 1 saturated heterocycles. The summed E-state index contributed by atoms with van der Waals surface area (Å²) in [4.78, 5) is 30.9. The first-order valence-corrected chi connectivity index (χ1v) is 9.34. The number of benzene rings is 1. The molecule has 0 aliphatic carbocycles. The molecule has 7 heteroatoms. The molecular weight excluding hydrogens is 344 g/mol. The van der Waals surface area contributed by atoms with Crippen LogP contribution in [0.1, 0.15) is 37.2 Å². The number of likely N-dealkylation sites (tertiary alicyclic amines) is 1. The lowest BCUT2D eigenvalue weighted by molar-refractivity contribution is -0.149. The number of esters is 1. The Labute approximate surface area is 159 Å². The molecule has 1 aliphatic rings. The third kappa shape index (κ3) is 4.48. The number of urea groups is 1. The first kappa shape index (κ1) is 18.9. The highest BCUT2D eigenvalue weighted by Crippen LogP contribution is 2.23. The van der Waals surface area contributed by atoms with E-state index in [4.69, 9.17) is 4.74 Å². The van der Waals surface area contributed by atoms with Crippen LogP contribution in [0.15, 0.2) is 42.7 Å². The lowest BCUT2D eigenvalue weighted by Gasteiger charge is -2.32. The lowest BCUT2D eigenvalue weighted by Crippen LogP contribution is -2.47. The number of hydrogen-bond acceptors (Lipinski definition) is 4. The van der Waals surface area contributed by atoms with Gasteiger partial charge in [-0.3, -0.25) is 4.79 Å². The fraction of sp³-hybridized carbons (Fsp3) is 0.450. The Hall–Kier alpha value is -2.83. The molecule has 1 aromatic heterocycles. The zero-order chi connectivity index (χ0) is 19.2. The highest BCUT2D eigenvalue weighted by Gasteiger charge is 2.30. The fourth-order valence-electron chi connectivity index (χ4n) is 3.39. The van der Waals surface area contributed by atoms with E-state index in [2.05, 4.69) is 10.3 Å². The second-order valence-electron chi connectivity index (χ2n) is 6.70. The van der Waals surface area contributed by atoms with Gasteiger partial charge in [0.1, 0.15) is 11.9 Å². The minimum Gasteiger partial charge on any atom is -0.466 e. The van der Waals surface area contributed by atoms with Crippen LogP contribution in [0.25, 0.3) is 0 Å². The number of carbonyl (C=O) groups excluding carboxylic acids is 2. The number of carbonyl (C=O) groups is 2. The maximum absolute atomic E-state index is 12.9. The van der Waals surface area contributed by atoms with Gasteiger partial charge < -0.3 is 19.5 Å². The number of amides is 2. The van der Waals surface area contributed by atoms with Crippen LogP contribution in [0.2, 0.25) is 0 Å². The number of hydrogen-bond donors (Lipinski definition) is 1. The standard InChI is InChI=1S/C20H26N4O3/c1-3-27-19(25)16-9-12-24(13-10-16)20(26)22-17(15-7-5-4-6-8-15)18-21-11-14-23(18)2/h4-8,11,14,16-17H,3,9-10,12-13H2,1-2H3,(H,22,26). The molecule has 1 aromatic carbocycles. The lowest BCUT2D eigenvalue weighted by atomic mass is 9.97. The van der Waals surface area contributed by atoms with Crippen LogP contribution >= 0.6 is 0 Å². The third-order valence-electron chi connectivity index (χ3n) is 4.92. The van der Waals surface area contributed by atoms with Crippen molar-refractivity contribution >= 4 is 12.0 Å². The Kier molecular flexibility index (Phi) is 6.11. The number of nitrogens with zero attached hydrogens (tertiary/aromatic N) is 3. The quantitative estimate of drug-likeness (QED) is 0.821. The van der Waals surface area contributed by atoms with Crippen molar-refractivity contribution in [3.05, 3.63) is 54.1 Å². The van der Waals surface area contributed by atoms with Crippen molar-refractivity contribution in [1.29, 1.82) is 0 Å². The van der Waals surface area contributed by atoms with E-state index in [0.29, 0.717) is 32.5 Å². The molecule has 0 radical (unpaired) electrons. The SMILES string of the molecule is CCOC(=O)C1CCN(C(=O)NC(c2ccccc2)c2nccn2C)CC1. The van der Waals surface area contributed by atoms with Crippen LogP contribution in [0, 0.1) is 5.92 Å². The summed E-state index contributed by atoms with van der Waals surface area (Å²) in [7, 11) is 1.91. The van der Waals surface area contributed by atoms with Gasteiger partial charge in [-0.1, -0.05) is 30.3 Å². The second-order valence-corrected chi connectivity index (χ2v) is 6.70. The largest absolute Gasteiger partial charge is 0.466 e. The van der Waals surface area contributed by atoms with Crippen molar-refractivity contribution in [3.8, 4) is 0 Å². The first-order chi connectivity index (χ1) is 13.1. The summed E-state index contributed by atoms with van der Waals surface area (Å²) in [6, 6.07) is 9.32. The van der Waals surface area contributed by atoms with Crippen molar-refractivity contribution < 1.29 is 14.3 Å². The van der Waals surface area contributed by atoms with Gasteiger partial charge in [0.2, 0.25) is 0 Å². The molecule has 1 atom stereocenters. The zero-order valence-corrected chi connectivity index (χ0v) is 15.8. The molecule has 7 nitrogen and oxygen atoms in total. The number of nitrogens with one attached hydrogen (secondary N) is 1. The van der Waals surface area contributed by atoms with Crippen LogP contribution in [-0.2, 0) is 16.6 Å². The molecule has 27 heavy (non-hydrogen) atoms. The molecule has 3 rings (SSSR count). The molecule has 1 N–H and O–H groups in total. The minimum atomic E-state index is -0.332. The molecule has 1 unspecified atom stereocenters. The summed E-state index contributed by atoms with van der Waals surface area (Å²) in [6.45, 7) is 3.28. The Morgan fingerprint density at radius 2 is 1.96 bits per heavy atom. The number of imidazole rings is 1. The molecular formula is C20H26N4O3. The van der Waals surface area contributed by atoms with E-state index in [-0.39, 0.29) is 24.0 Å².